The Labute approximate surface area is 168 Å². The van der Waals surface area contributed by atoms with Gasteiger partial charge in [0, 0.05) is 30.5 Å². The number of carbonyl (C=O) groups excluding carboxylic acids is 1. The zero-order valence-electron chi connectivity index (χ0n) is 16.1. The van der Waals surface area contributed by atoms with Crippen LogP contribution in [0.5, 0.6) is 0 Å². The largest absolute Gasteiger partial charge is 0.396 e. The van der Waals surface area contributed by atoms with Gasteiger partial charge in [-0.15, -0.1) is 0 Å². The molecule has 29 heavy (non-hydrogen) atoms. The van der Waals surface area contributed by atoms with Crippen molar-refractivity contribution in [3.05, 3.63) is 71.8 Å². The summed E-state index contributed by atoms with van der Waals surface area (Å²) in [7, 11) is 0. The van der Waals surface area contributed by atoms with Gasteiger partial charge < -0.3 is 10.6 Å². The van der Waals surface area contributed by atoms with Gasteiger partial charge in [-0.1, -0.05) is 6.07 Å². The molecule has 6 nitrogen and oxygen atoms in total. The van der Waals surface area contributed by atoms with E-state index in [0.717, 1.165) is 23.2 Å². The second kappa shape index (κ2) is 7.87. The first kappa shape index (κ1) is 18.9. The number of urea groups is 1. The molecule has 3 heterocycles. The van der Waals surface area contributed by atoms with E-state index in [4.69, 9.17) is 5.73 Å². The minimum Gasteiger partial charge on any atom is -0.396 e. The molecule has 7 heteroatoms. The van der Waals surface area contributed by atoms with Crippen molar-refractivity contribution in [2.24, 2.45) is 5.92 Å². The van der Waals surface area contributed by atoms with Gasteiger partial charge in [-0.05, 0) is 67.3 Å². The SMILES string of the molecule is Cc1cc(F)ccc1-c1ccc(N)c(NC(=O)N2CC(Cc3ccccn3)C2)n1. The second-order valence-electron chi connectivity index (χ2n) is 7.32. The van der Waals surface area contributed by atoms with E-state index in [9.17, 15) is 9.18 Å². The molecule has 0 spiro atoms. The zero-order chi connectivity index (χ0) is 20.4. The smallest absolute Gasteiger partial charge is 0.323 e. The summed E-state index contributed by atoms with van der Waals surface area (Å²) in [5.41, 5.74) is 9.60. The molecule has 0 aliphatic carbocycles. The molecule has 0 atom stereocenters. The maximum atomic E-state index is 13.4. The zero-order valence-corrected chi connectivity index (χ0v) is 16.1. The van der Waals surface area contributed by atoms with Crippen LogP contribution >= 0.6 is 0 Å². The predicted octanol–water partition coefficient (Wildman–Crippen LogP) is 3.88. The van der Waals surface area contributed by atoms with Gasteiger partial charge in [0.2, 0.25) is 0 Å². The summed E-state index contributed by atoms with van der Waals surface area (Å²) in [5.74, 6) is 0.409. The van der Waals surface area contributed by atoms with E-state index < -0.39 is 0 Å². The molecular weight excluding hydrogens is 369 g/mol. The topological polar surface area (TPSA) is 84.1 Å². The molecule has 1 aliphatic heterocycles. The fourth-order valence-electron chi connectivity index (χ4n) is 3.49. The fourth-order valence-corrected chi connectivity index (χ4v) is 3.49. The van der Waals surface area contributed by atoms with Gasteiger partial charge in [-0.25, -0.2) is 14.2 Å². The van der Waals surface area contributed by atoms with Gasteiger partial charge in [0.25, 0.3) is 0 Å². The summed E-state index contributed by atoms with van der Waals surface area (Å²) in [6, 6.07) is 13.6. The molecule has 148 valence electrons. The van der Waals surface area contributed by atoms with Gasteiger partial charge >= 0.3 is 6.03 Å². The van der Waals surface area contributed by atoms with Crippen LogP contribution in [0.1, 0.15) is 11.3 Å². The maximum absolute atomic E-state index is 13.4. The molecule has 0 unspecified atom stereocenters. The highest BCUT2D eigenvalue weighted by Gasteiger charge is 2.31. The molecule has 0 bridgehead atoms. The van der Waals surface area contributed by atoms with Crippen LogP contribution in [0.25, 0.3) is 11.3 Å². The Kier molecular flexibility index (Phi) is 5.12. The lowest BCUT2D eigenvalue weighted by atomic mass is 9.95. The van der Waals surface area contributed by atoms with Gasteiger partial charge in [-0.2, -0.15) is 0 Å². The summed E-state index contributed by atoms with van der Waals surface area (Å²) < 4.78 is 13.4. The van der Waals surface area contributed by atoms with Crippen LogP contribution in [-0.4, -0.2) is 34.0 Å². The lowest BCUT2D eigenvalue weighted by Gasteiger charge is -2.39. The van der Waals surface area contributed by atoms with E-state index >= 15 is 0 Å². The Balaban J connectivity index is 1.41. The van der Waals surface area contributed by atoms with Gasteiger partial charge in [-0.3, -0.25) is 10.3 Å². The molecule has 1 fully saturated rings. The normalized spacial score (nSPS) is 13.8. The van der Waals surface area contributed by atoms with Crippen LogP contribution in [0, 0.1) is 18.7 Å². The van der Waals surface area contributed by atoms with Crippen molar-refractivity contribution in [1.82, 2.24) is 14.9 Å². The van der Waals surface area contributed by atoms with Crippen molar-refractivity contribution in [2.75, 3.05) is 24.1 Å². The Morgan fingerprint density at radius 2 is 2.07 bits per heavy atom. The molecule has 0 saturated carbocycles. The first-order valence-electron chi connectivity index (χ1n) is 9.48. The Morgan fingerprint density at radius 1 is 1.24 bits per heavy atom. The third-order valence-electron chi connectivity index (χ3n) is 5.08. The summed E-state index contributed by atoms with van der Waals surface area (Å²) in [5, 5.41) is 2.80. The van der Waals surface area contributed by atoms with Gasteiger partial charge in [0.05, 0.1) is 11.4 Å². The number of hydrogen-bond acceptors (Lipinski definition) is 4. The number of aromatic nitrogens is 2. The van der Waals surface area contributed by atoms with Crippen molar-refractivity contribution in [3.8, 4) is 11.3 Å². The number of nitrogen functional groups attached to an aromatic ring is 1. The van der Waals surface area contributed by atoms with E-state index in [1.165, 1.54) is 12.1 Å². The molecular formula is C22H22FN5O. The minimum absolute atomic E-state index is 0.227. The first-order chi connectivity index (χ1) is 14.0. The lowest BCUT2D eigenvalue weighted by Crippen LogP contribution is -2.52. The number of nitrogens with one attached hydrogen (secondary N) is 1. The Bertz CT molecular complexity index is 1030. The average Bonchev–Trinajstić information content (AvgIpc) is 2.67. The number of rotatable bonds is 4. The highest BCUT2D eigenvalue weighted by Crippen LogP contribution is 2.27. The number of nitrogens with two attached hydrogens (primary N) is 1. The van der Waals surface area contributed by atoms with E-state index in [-0.39, 0.29) is 11.8 Å². The second-order valence-corrected chi connectivity index (χ2v) is 7.32. The van der Waals surface area contributed by atoms with Crippen LogP contribution in [0.4, 0.5) is 20.7 Å². The van der Waals surface area contributed by atoms with E-state index in [1.54, 1.807) is 29.3 Å². The number of amides is 2. The Hall–Kier alpha value is -3.48. The summed E-state index contributed by atoms with van der Waals surface area (Å²) in [6.45, 7) is 3.15. The molecule has 2 aromatic heterocycles. The number of carbonyl (C=O) groups is 1. The average molecular weight is 391 g/mol. The summed E-state index contributed by atoms with van der Waals surface area (Å²) >= 11 is 0. The van der Waals surface area contributed by atoms with Crippen molar-refractivity contribution in [3.63, 3.8) is 0 Å². The van der Waals surface area contributed by atoms with E-state index in [0.29, 0.717) is 36.2 Å². The van der Waals surface area contributed by atoms with Crippen LogP contribution in [0.3, 0.4) is 0 Å². The van der Waals surface area contributed by atoms with Crippen molar-refractivity contribution in [2.45, 2.75) is 13.3 Å². The molecule has 0 radical (unpaired) electrons. The van der Waals surface area contributed by atoms with Crippen molar-refractivity contribution >= 4 is 17.5 Å². The third kappa shape index (κ3) is 4.18. The quantitative estimate of drug-likeness (QED) is 0.707. The van der Waals surface area contributed by atoms with Crippen LogP contribution in [0.2, 0.25) is 0 Å². The summed E-state index contributed by atoms with van der Waals surface area (Å²) in [6.07, 6.45) is 2.63. The van der Waals surface area contributed by atoms with Crippen LogP contribution in [-0.2, 0) is 6.42 Å². The third-order valence-corrected chi connectivity index (χ3v) is 5.08. The fraction of sp³-hybridized carbons (Fsp3) is 0.227. The number of halogens is 1. The number of pyridine rings is 2. The predicted molar refractivity (Wildman–Crippen MR) is 111 cm³/mol. The number of nitrogens with zero attached hydrogens (tertiary/aromatic N) is 3. The number of anilines is 2. The molecule has 3 aromatic rings. The molecule has 4 rings (SSSR count). The molecule has 1 aromatic carbocycles. The van der Waals surface area contributed by atoms with Gasteiger partial charge in [0.1, 0.15) is 5.82 Å². The number of benzene rings is 1. The van der Waals surface area contributed by atoms with Crippen LogP contribution in [0.15, 0.2) is 54.7 Å². The number of likely N-dealkylation sites (tertiary alicyclic amines) is 1. The maximum Gasteiger partial charge on any atom is 0.323 e. The summed E-state index contributed by atoms with van der Waals surface area (Å²) in [4.78, 5) is 23.1. The van der Waals surface area contributed by atoms with E-state index in [2.05, 4.69) is 15.3 Å². The van der Waals surface area contributed by atoms with Crippen LogP contribution < -0.4 is 11.1 Å². The molecule has 1 saturated heterocycles. The number of hydrogen-bond donors (Lipinski definition) is 2. The molecule has 3 N–H and O–H groups in total. The highest BCUT2D eigenvalue weighted by molar-refractivity contribution is 5.92. The standard InChI is InChI=1S/C22H22FN5O/c1-14-10-16(23)5-6-18(14)20-8-7-19(24)21(26-20)27-22(29)28-12-15(13-28)11-17-4-2-3-9-25-17/h2-10,15H,11-13,24H2,1H3,(H,26,27,29). The van der Waals surface area contributed by atoms with Crippen molar-refractivity contribution < 1.29 is 9.18 Å². The Morgan fingerprint density at radius 3 is 2.79 bits per heavy atom. The first-order valence-corrected chi connectivity index (χ1v) is 9.48. The molecule has 1 aliphatic rings. The van der Waals surface area contributed by atoms with Gasteiger partial charge in [0.15, 0.2) is 5.82 Å². The number of aryl methyl sites for hydroxylation is 1. The lowest BCUT2D eigenvalue weighted by molar-refractivity contribution is 0.130. The minimum atomic E-state index is -0.298. The molecule has 2 amide bonds. The van der Waals surface area contributed by atoms with E-state index in [1.807, 2.05) is 25.1 Å². The highest BCUT2D eigenvalue weighted by atomic mass is 19.1. The monoisotopic (exact) mass is 391 g/mol. The van der Waals surface area contributed by atoms with Crippen molar-refractivity contribution in [1.29, 1.82) is 0 Å².